The van der Waals surface area contributed by atoms with Gasteiger partial charge in [0, 0.05) is 12.0 Å². The lowest BCUT2D eigenvalue weighted by atomic mass is 10.1. The van der Waals surface area contributed by atoms with E-state index in [9.17, 15) is 4.79 Å². The van der Waals surface area contributed by atoms with Gasteiger partial charge in [-0.1, -0.05) is 47.6 Å². The molecule has 2 aromatic heterocycles. The number of esters is 1. The fraction of sp³-hybridized carbons (Fsp3) is 0.250. The van der Waals surface area contributed by atoms with Gasteiger partial charge in [0.15, 0.2) is 6.61 Å². The second-order valence-electron chi connectivity index (χ2n) is 7.26. The number of aromatic nitrogens is 3. The summed E-state index contributed by atoms with van der Waals surface area (Å²) >= 11 is 0. The summed E-state index contributed by atoms with van der Waals surface area (Å²) in [5.41, 5.74) is 3.23. The van der Waals surface area contributed by atoms with Crippen LogP contribution < -0.4 is 4.74 Å². The number of rotatable bonds is 9. The van der Waals surface area contributed by atoms with Crippen molar-refractivity contribution in [1.29, 1.82) is 0 Å². The highest BCUT2D eigenvalue weighted by molar-refractivity contribution is 5.77. The summed E-state index contributed by atoms with van der Waals surface area (Å²) in [5, 5.41) is 12.2. The van der Waals surface area contributed by atoms with Gasteiger partial charge in [-0.3, -0.25) is 4.79 Å². The average molecular weight is 433 g/mol. The van der Waals surface area contributed by atoms with Gasteiger partial charge >= 0.3 is 5.97 Å². The van der Waals surface area contributed by atoms with E-state index in [2.05, 4.69) is 15.4 Å². The number of aryl methyl sites for hydroxylation is 2. The first-order valence-corrected chi connectivity index (χ1v) is 10.3. The largest absolute Gasteiger partial charge is 0.494 e. The number of nitrogens with zero attached hydrogens (tertiary/aromatic N) is 3. The van der Waals surface area contributed by atoms with Crippen molar-refractivity contribution < 1.29 is 23.2 Å². The van der Waals surface area contributed by atoms with Crippen LogP contribution in [-0.2, 0) is 16.1 Å². The Balaban J connectivity index is 1.29. The molecule has 0 saturated carbocycles. The first kappa shape index (κ1) is 21.3. The second-order valence-corrected chi connectivity index (χ2v) is 7.26. The van der Waals surface area contributed by atoms with Crippen molar-refractivity contribution >= 4 is 5.97 Å². The summed E-state index contributed by atoms with van der Waals surface area (Å²) in [4.78, 5) is 12.0. The number of hydrogen-bond donors (Lipinski definition) is 0. The highest BCUT2D eigenvalue weighted by Gasteiger charge is 2.22. The molecule has 0 aliphatic heterocycles. The van der Waals surface area contributed by atoms with E-state index in [0.717, 1.165) is 16.9 Å². The van der Waals surface area contributed by atoms with Crippen LogP contribution in [0.25, 0.3) is 22.7 Å². The molecule has 8 heteroatoms. The van der Waals surface area contributed by atoms with Crippen LogP contribution >= 0.6 is 0 Å². The first-order valence-electron chi connectivity index (χ1n) is 10.3. The first-order chi connectivity index (χ1) is 15.6. The van der Waals surface area contributed by atoms with Gasteiger partial charge in [0.25, 0.3) is 11.8 Å². The Bertz CT molecular complexity index is 1180. The molecule has 0 atom stereocenters. The molecule has 0 bridgehead atoms. The number of carbonyl (C=O) groups excluding carboxylic acids is 1. The van der Waals surface area contributed by atoms with Crippen molar-refractivity contribution in [2.45, 2.75) is 33.3 Å². The molecule has 0 fully saturated rings. The molecular formula is C24H23N3O5. The van der Waals surface area contributed by atoms with Crippen LogP contribution in [0.1, 0.15) is 30.1 Å². The van der Waals surface area contributed by atoms with E-state index in [1.54, 1.807) is 6.92 Å². The normalized spacial score (nSPS) is 10.8. The van der Waals surface area contributed by atoms with Crippen LogP contribution in [0.15, 0.2) is 63.5 Å². The molecule has 8 nitrogen and oxygen atoms in total. The Hall–Kier alpha value is -3.94. The second kappa shape index (κ2) is 9.91. The smallest absolute Gasteiger partial charge is 0.306 e. The van der Waals surface area contributed by atoms with Gasteiger partial charge in [0.1, 0.15) is 22.8 Å². The van der Waals surface area contributed by atoms with E-state index < -0.39 is 0 Å². The predicted octanol–water partition coefficient (Wildman–Crippen LogP) is 4.91. The number of carbonyl (C=O) groups is 1. The third-order valence-electron chi connectivity index (χ3n) is 4.73. The molecule has 0 unspecified atom stereocenters. The summed E-state index contributed by atoms with van der Waals surface area (Å²) < 4.78 is 21.9. The van der Waals surface area contributed by atoms with Gasteiger partial charge in [-0.15, -0.1) is 10.2 Å². The van der Waals surface area contributed by atoms with Crippen LogP contribution in [0.5, 0.6) is 5.75 Å². The minimum Gasteiger partial charge on any atom is -0.494 e. The Morgan fingerprint density at radius 3 is 2.69 bits per heavy atom. The Labute approximate surface area is 185 Å². The van der Waals surface area contributed by atoms with E-state index in [1.165, 1.54) is 0 Å². The Morgan fingerprint density at radius 1 is 1.03 bits per heavy atom. The van der Waals surface area contributed by atoms with E-state index in [1.807, 2.05) is 61.5 Å². The maximum atomic E-state index is 12.0. The van der Waals surface area contributed by atoms with E-state index in [4.69, 9.17) is 18.4 Å². The number of benzene rings is 2. The highest BCUT2D eigenvalue weighted by atomic mass is 16.5. The lowest BCUT2D eigenvalue weighted by Crippen LogP contribution is -2.07. The summed E-state index contributed by atoms with van der Waals surface area (Å²) in [6.45, 7) is 4.10. The summed E-state index contributed by atoms with van der Waals surface area (Å²) in [5.74, 6) is 1.45. The third-order valence-corrected chi connectivity index (χ3v) is 4.73. The van der Waals surface area contributed by atoms with Crippen molar-refractivity contribution in [2.75, 3.05) is 6.61 Å². The summed E-state index contributed by atoms with van der Waals surface area (Å²) in [7, 11) is 0. The molecule has 0 spiro atoms. The van der Waals surface area contributed by atoms with Gasteiger partial charge in [-0.2, -0.15) is 0 Å². The highest BCUT2D eigenvalue weighted by Crippen LogP contribution is 2.33. The fourth-order valence-corrected chi connectivity index (χ4v) is 3.16. The topological polar surface area (TPSA) is 100 Å². The van der Waals surface area contributed by atoms with Crippen LogP contribution in [0.3, 0.4) is 0 Å². The fourth-order valence-electron chi connectivity index (χ4n) is 3.16. The van der Waals surface area contributed by atoms with Gasteiger partial charge in [-0.25, -0.2) is 0 Å². The Morgan fingerprint density at radius 2 is 1.88 bits per heavy atom. The maximum Gasteiger partial charge on any atom is 0.306 e. The summed E-state index contributed by atoms with van der Waals surface area (Å²) in [6.07, 6.45) is 0.776. The molecule has 32 heavy (non-hydrogen) atoms. The number of ether oxygens (including phenoxy) is 2. The van der Waals surface area contributed by atoms with Crippen LogP contribution in [0.4, 0.5) is 0 Å². The van der Waals surface area contributed by atoms with Crippen molar-refractivity contribution in [2.24, 2.45) is 0 Å². The van der Waals surface area contributed by atoms with Gasteiger partial charge in [0.2, 0.25) is 0 Å². The average Bonchev–Trinajstić information content (AvgIpc) is 3.42. The van der Waals surface area contributed by atoms with Crippen molar-refractivity contribution in [1.82, 2.24) is 15.4 Å². The van der Waals surface area contributed by atoms with Crippen LogP contribution in [-0.4, -0.2) is 27.9 Å². The molecule has 0 radical (unpaired) electrons. The van der Waals surface area contributed by atoms with Crippen molar-refractivity contribution in [3.63, 3.8) is 0 Å². The molecule has 0 amide bonds. The zero-order valence-corrected chi connectivity index (χ0v) is 17.9. The quantitative estimate of drug-likeness (QED) is 0.271. The molecule has 4 rings (SSSR count). The molecule has 164 valence electrons. The van der Waals surface area contributed by atoms with E-state index in [0.29, 0.717) is 30.0 Å². The van der Waals surface area contributed by atoms with Gasteiger partial charge < -0.3 is 18.4 Å². The molecule has 0 aliphatic carbocycles. The molecule has 0 aliphatic rings. The molecular weight excluding hydrogens is 410 g/mol. The molecule has 0 saturated heterocycles. The van der Waals surface area contributed by atoms with E-state index >= 15 is 0 Å². The molecule has 0 N–H and O–H groups in total. The number of hydrogen-bond acceptors (Lipinski definition) is 8. The molecule has 2 heterocycles. The maximum absolute atomic E-state index is 12.0. The van der Waals surface area contributed by atoms with Crippen molar-refractivity contribution in [3.8, 4) is 28.5 Å². The lowest BCUT2D eigenvalue weighted by Gasteiger charge is -2.06. The van der Waals surface area contributed by atoms with E-state index in [-0.39, 0.29) is 30.8 Å². The van der Waals surface area contributed by atoms with Gasteiger partial charge in [-0.05, 0) is 38.0 Å². The molecule has 2 aromatic carbocycles. The zero-order valence-electron chi connectivity index (χ0n) is 17.9. The third kappa shape index (κ3) is 5.21. The van der Waals surface area contributed by atoms with Crippen LogP contribution in [0, 0.1) is 13.8 Å². The SMILES string of the molecule is Cc1cccc(OCCCC(=O)OCc2nnc(-c3c(-c4ccccc4)noc3C)o2)c1. The van der Waals surface area contributed by atoms with Crippen molar-refractivity contribution in [3.05, 3.63) is 71.8 Å². The van der Waals surface area contributed by atoms with Crippen LogP contribution in [0.2, 0.25) is 0 Å². The van der Waals surface area contributed by atoms with Gasteiger partial charge in [0.05, 0.1) is 6.61 Å². The molecule has 4 aromatic rings. The lowest BCUT2D eigenvalue weighted by molar-refractivity contribution is -0.145. The Kier molecular flexibility index (Phi) is 6.60. The minimum atomic E-state index is -0.358. The monoisotopic (exact) mass is 433 g/mol. The zero-order chi connectivity index (χ0) is 22.3. The minimum absolute atomic E-state index is 0.102. The summed E-state index contributed by atoms with van der Waals surface area (Å²) in [6, 6.07) is 17.4. The standard InChI is InChI=1S/C24H23N3O5/c1-16-8-6-11-19(14-16)29-13-7-12-21(28)30-15-20-25-26-24(31-20)22-17(2)32-27-23(22)18-9-4-3-5-10-18/h3-6,8-11,14H,7,12-13,15H2,1-2H3. The predicted molar refractivity (Wildman–Crippen MR) is 116 cm³/mol.